The van der Waals surface area contributed by atoms with Crippen molar-refractivity contribution < 1.29 is 24.9 Å². The normalized spacial score (nSPS) is 26.4. The quantitative estimate of drug-likeness (QED) is 0.243. The van der Waals surface area contributed by atoms with Crippen LogP contribution in [0.1, 0.15) is 25.3 Å². The molecule has 0 spiro atoms. The minimum absolute atomic E-state index is 0.258. The third-order valence-electron chi connectivity index (χ3n) is 5.09. The number of aryl methyl sites for hydroxylation is 1. The van der Waals surface area contributed by atoms with Crippen LogP contribution in [0, 0.1) is 0 Å². The van der Waals surface area contributed by atoms with E-state index in [2.05, 4.69) is 15.8 Å². The van der Waals surface area contributed by atoms with Crippen molar-refractivity contribution in [3.05, 3.63) is 29.8 Å². The number of nitrogens with one attached hydrogen (secondary N) is 2. The van der Waals surface area contributed by atoms with Crippen molar-refractivity contribution in [2.24, 2.45) is 0 Å². The number of hydrogen-bond acceptors (Lipinski definition) is 7. The summed E-state index contributed by atoms with van der Waals surface area (Å²) in [5, 5.41) is 29.4. The summed E-state index contributed by atoms with van der Waals surface area (Å²) in [6, 6.07) is 8.11. The Bertz CT molecular complexity index is 646. The van der Waals surface area contributed by atoms with Gasteiger partial charge in [0.05, 0.1) is 6.10 Å². The van der Waals surface area contributed by atoms with Gasteiger partial charge in [-0.05, 0) is 37.5 Å². The first-order valence-corrected chi connectivity index (χ1v) is 11.1. The topological polar surface area (TPSA) is 114 Å². The van der Waals surface area contributed by atoms with Gasteiger partial charge in [-0.1, -0.05) is 12.1 Å². The summed E-state index contributed by atoms with van der Waals surface area (Å²) in [7, 11) is 0. The molecule has 1 heterocycles. The van der Waals surface area contributed by atoms with Crippen LogP contribution in [0.2, 0.25) is 0 Å². The second-order valence-corrected chi connectivity index (χ2v) is 8.07. The Balaban J connectivity index is 1.73. The Morgan fingerprint density at radius 1 is 1.07 bits per heavy atom. The summed E-state index contributed by atoms with van der Waals surface area (Å²) in [6.07, 6.45) is -3.90. The lowest BCUT2D eigenvalue weighted by molar-refractivity contribution is -0.227. The molecule has 1 fully saturated rings. The van der Waals surface area contributed by atoms with E-state index in [9.17, 15) is 20.1 Å². The molecule has 5 atom stereocenters. The maximum Gasteiger partial charge on any atom is 0.234 e. The van der Waals surface area contributed by atoms with Crippen molar-refractivity contribution in [2.45, 2.75) is 56.8 Å². The molecule has 2 rings (SSSR count). The second kappa shape index (κ2) is 12.7. The van der Waals surface area contributed by atoms with Crippen molar-refractivity contribution in [3.8, 4) is 0 Å². The molecule has 170 valence electrons. The summed E-state index contributed by atoms with van der Waals surface area (Å²) in [5.74, 6) is 0.804. The van der Waals surface area contributed by atoms with Crippen LogP contribution in [-0.2, 0) is 16.0 Å². The Kier molecular flexibility index (Phi) is 10.6. The fourth-order valence-electron chi connectivity index (χ4n) is 3.29. The zero-order chi connectivity index (χ0) is 22.1. The maximum atomic E-state index is 12.0. The van der Waals surface area contributed by atoms with Gasteiger partial charge in [-0.2, -0.15) is 0 Å². The Labute approximate surface area is 187 Å². The number of alkyl halides is 2. The van der Waals surface area contributed by atoms with Gasteiger partial charge >= 0.3 is 0 Å². The van der Waals surface area contributed by atoms with Crippen LogP contribution in [-0.4, -0.2) is 76.7 Å². The van der Waals surface area contributed by atoms with Crippen LogP contribution in [0.25, 0.3) is 0 Å². The van der Waals surface area contributed by atoms with E-state index in [1.54, 1.807) is 6.92 Å². The maximum absolute atomic E-state index is 12.0. The van der Waals surface area contributed by atoms with Crippen LogP contribution >= 0.6 is 23.2 Å². The number of aliphatic hydroxyl groups excluding tert-OH is 3. The average Bonchev–Trinajstić information content (AvgIpc) is 2.74. The number of anilines is 1. The lowest BCUT2D eigenvalue weighted by atomic mass is 9.99. The number of halogens is 2. The summed E-state index contributed by atoms with van der Waals surface area (Å²) < 4.78 is 5.36. The van der Waals surface area contributed by atoms with Gasteiger partial charge in [0, 0.05) is 37.0 Å². The molecule has 0 aromatic heterocycles. The fraction of sp³-hybridized carbons (Fsp3) is 0.650. The predicted octanol–water partition coefficient (Wildman–Crippen LogP) is 0.742. The van der Waals surface area contributed by atoms with Gasteiger partial charge in [0.2, 0.25) is 5.91 Å². The van der Waals surface area contributed by atoms with E-state index in [1.807, 2.05) is 24.3 Å². The summed E-state index contributed by atoms with van der Waals surface area (Å²) in [5.41, 5.74) is 7.24. The molecule has 1 aliphatic heterocycles. The van der Waals surface area contributed by atoms with Crippen molar-refractivity contribution in [1.29, 1.82) is 0 Å². The van der Waals surface area contributed by atoms with E-state index in [0.29, 0.717) is 18.2 Å². The minimum Gasteiger partial charge on any atom is -0.388 e. The molecule has 0 radical (unpaired) electrons. The van der Waals surface area contributed by atoms with Gasteiger partial charge < -0.3 is 25.0 Å². The molecular formula is C20H31Cl2N3O5. The van der Waals surface area contributed by atoms with E-state index in [4.69, 9.17) is 27.9 Å². The highest BCUT2D eigenvalue weighted by Crippen LogP contribution is 2.19. The van der Waals surface area contributed by atoms with E-state index in [0.717, 1.165) is 30.8 Å². The molecule has 30 heavy (non-hydrogen) atoms. The lowest BCUT2D eigenvalue weighted by Gasteiger charge is -2.39. The summed E-state index contributed by atoms with van der Waals surface area (Å²) >= 11 is 11.7. The highest BCUT2D eigenvalue weighted by molar-refractivity contribution is 6.18. The first-order chi connectivity index (χ1) is 14.4. The molecule has 10 heteroatoms. The van der Waals surface area contributed by atoms with Gasteiger partial charge in [0.15, 0.2) is 6.23 Å². The van der Waals surface area contributed by atoms with Gasteiger partial charge in [-0.25, -0.2) is 5.43 Å². The van der Waals surface area contributed by atoms with Crippen LogP contribution in [0.15, 0.2) is 24.3 Å². The summed E-state index contributed by atoms with van der Waals surface area (Å²) in [4.78, 5) is 14.2. The third kappa shape index (κ3) is 7.23. The monoisotopic (exact) mass is 463 g/mol. The van der Waals surface area contributed by atoms with Crippen molar-refractivity contribution in [3.63, 3.8) is 0 Å². The highest BCUT2D eigenvalue weighted by Gasteiger charge is 2.41. The number of rotatable bonds is 11. The first kappa shape index (κ1) is 25.1. The van der Waals surface area contributed by atoms with Crippen LogP contribution in [0.3, 0.4) is 0 Å². The molecular weight excluding hydrogens is 433 g/mol. The molecule has 5 N–H and O–H groups in total. The first-order valence-electron chi connectivity index (χ1n) is 10.1. The van der Waals surface area contributed by atoms with Crippen LogP contribution in [0.5, 0.6) is 0 Å². The van der Waals surface area contributed by atoms with E-state index < -0.39 is 30.6 Å². The number of carbonyl (C=O) groups excluding carboxylic acids is 1. The smallest absolute Gasteiger partial charge is 0.234 e. The van der Waals surface area contributed by atoms with Crippen LogP contribution < -0.4 is 15.8 Å². The molecule has 1 saturated heterocycles. The van der Waals surface area contributed by atoms with Gasteiger partial charge in [-0.3, -0.25) is 10.2 Å². The standard InChI is InChI=1S/C20H31Cl2N3O5/c1-13-17(27)18(28)19(29)20(30-13)24-23-16(26)4-2-3-14-5-7-15(8-6-14)25(11-9-21)12-10-22/h5-8,13,17-20,24,27-29H,2-4,9-12H2,1H3,(H,23,26)/t13-,17+,18+,19-,20-/m1/s1. The molecule has 1 amide bonds. The average molecular weight is 464 g/mol. The number of carbonyl (C=O) groups is 1. The number of aliphatic hydroxyl groups is 3. The minimum atomic E-state index is -1.35. The zero-order valence-electron chi connectivity index (χ0n) is 17.0. The number of benzene rings is 1. The van der Waals surface area contributed by atoms with E-state index >= 15 is 0 Å². The van der Waals surface area contributed by atoms with Gasteiger partial charge in [0.25, 0.3) is 0 Å². The van der Waals surface area contributed by atoms with E-state index in [1.165, 1.54) is 0 Å². The second-order valence-electron chi connectivity index (χ2n) is 7.31. The Morgan fingerprint density at radius 2 is 1.70 bits per heavy atom. The lowest BCUT2D eigenvalue weighted by Crippen LogP contribution is -2.63. The van der Waals surface area contributed by atoms with Crippen molar-refractivity contribution in [1.82, 2.24) is 10.9 Å². The molecule has 1 aromatic rings. The third-order valence-corrected chi connectivity index (χ3v) is 5.42. The number of hydrazine groups is 1. The predicted molar refractivity (Wildman–Crippen MR) is 117 cm³/mol. The number of ether oxygens (including phenoxy) is 1. The SMILES string of the molecule is C[C@H]1O[C@@H](NNC(=O)CCCc2ccc(N(CCCl)CCCl)cc2)[C@H](O)[C@@H](O)[C@H]1O. The zero-order valence-corrected chi connectivity index (χ0v) is 18.5. The number of hydrogen-bond donors (Lipinski definition) is 5. The fourth-order valence-corrected chi connectivity index (χ4v) is 3.69. The summed E-state index contributed by atoms with van der Waals surface area (Å²) in [6.45, 7) is 3.04. The Hall–Kier alpha value is -1.13. The molecule has 1 aliphatic rings. The molecule has 0 aliphatic carbocycles. The molecule has 8 nitrogen and oxygen atoms in total. The number of nitrogens with zero attached hydrogens (tertiary/aromatic N) is 1. The molecule has 0 unspecified atom stereocenters. The van der Waals surface area contributed by atoms with Gasteiger partial charge in [0.1, 0.15) is 18.3 Å². The van der Waals surface area contributed by atoms with Crippen molar-refractivity contribution in [2.75, 3.05) is 29.7 Å². The largest absolute Gasteiger partial charge is 0.388 e. The van der Waals surface area contributed by atoms with E-state index in [-0.39, 0.29) is 12.3 Å². The molecule has 1 aromatic carbocycles. The number of amides is 1. The molecule has 0 bridgehead atoms. The van der Waals surface area contributed by atoms with Gasteiger partial charge in [-0.15, -0.1) is 23.2 Å². The Morgan fingerprint density at radius 3 is 2.30 bits per heavy atom. The molecule has 0 saturated carbocycles. The van der Waals surface area contributed by atoms with Crippen LogP contribution in [0.4, 0.5) is 5.69 Å². The highest BCUT2D eigenvalue weighted by atomic mass is 35.5. The van der Waals surface area contributed by atoms with Crippen molar-refractivity contribution >= 4 is 34.8 Å².